The Bertz CT molecular complexity index is 223. The third-order valence-corrected chi connectivity index (χ3v) is 3.61. The predicted octanol–water partition coefficient (Wildman–Crippen LogP) is 0.913. The molecule has 0 N–H and O–H groups in total. The third-order valence-electron chi connectivity index (χ3n) is 3.44. The highest BCUT2D eigenvalue weighted by Crippen LogP contribution is 2.03. The molecule has 20 heavy (non-hydrogen) atoms. The molecule has 0 saturated carbocycles. The van der Waals surface area contributed by atoms with Crippen LogP contribution < -0.4 is 0 Å². The Morgan fingerprint density at radius 2 is 1.40 bits per heavy atom. The van der Waals surface area contributed by atoms with Crippen molar-refractivity contribution in [3.05, 3.63) is 0 Å². The molecule has 1 aliphatic rings. The Kier molecular flexibility index (Phi) is 11.6. The van der Waals surface area contributed by atoms with Gasteiger partial charge < -0.3 is 19.1 Å². The van der Waals surface area contributed by atoms with Crippen LogP contribution >= 0.6 is 11.6 Å². The molecule has 0 aromatic heterocycles. The summed E-state index contributed by atoms with van der Waals surface area (Å²) < 4.78 is 15.8. The Balaban J connectivity index is 1.94. The monoisotopic (exact) mass is 308 g/mol. The number of hydrogen-bond acceptors (Lipinski definition) is 5. The molecule has 6 heteroatoms. The maximum absolute atomic E-state index is 5.79. The van der Waals surface area contributed by atoms with E-state index >= 15 is 0 Å². The summed E-state index contributed by atoms with van der Waals surface area (Å²) >= 11 is 5.79. The molecular formula is C14H29ClN2O3. The van der Waals surface area contributed by atoms with Gasteiger partial charge in [-0.3, -0.25) is 4.90 Å². The molecule has 0 aromatic rings. The van der Waals surface area contributed by atoms with Crippen molar-refractivity contribution in [2.45, 2.75) is 6.42 Å². The molecule has 0 spiro atoms. The minimum Gasteiger partial charge on any atom is -0.382 e. The molecule has 1 heterocycles. The van der Waals surface area contributed by atoms with Gasteiger partial charge in [-0.25, -0.2) is 0 Å². The molecule has 5 nitrogen and oxygen atoms in total. The van der Waals surface area contributed by atoms with Gasteiger partial charge in [0.25, 0.3) is 0 Å². The number of alkyl halides is 1. The van der Waals surface area contributed by atoms with Crippen LogP contribution in [0, 0.1) is 0 Å². The first-order valence-electron chi connectivity index (χ1n) is 7.52. The van der Waals surface area contributed by atoms with E-state index in [1.807, 2.05) is 0 Å². The molecule has 0 amide bonds. The van der Waals surface area contributed by atoms with Gasteiger partial charge in [0.1, 0.15) is 0 Å². The molecule has 0 aliphatic carbocycles. The van der Waals surface area contributed by atoms with Crippen LogP contribution in [0.4, 0.5) is 0 Å². The summed E-state index contributed by atoms with van der Waals surface area (Å²) in [5.74, 6) is 0.728. The molecule has 0 unspecified atom stereocenters. The highest BCUT2D eigenvalue weighted by Gasteiger charge is 2.13. The lowest BCUT2D eigenvalue weighted by Gasteiger charge is -2.21. The van der Waals surface area contributed by atoms with E-state index in [1.54, 1.807) is 7.11 Å². The Labute approximate surface area is 128 Å². The largest absolute Gasteiger partial charge is 0.382 e. The molecule has 0 atom stereocenters. The van der Waals surface area contributed by atoms with Crippen LogP contribution in [0.1, 0.15) is 6.42 Å². The van der Waals surface area contributed by atoms with Crippen LogP contribution in [0.25, 0.3) is 0 Å². The minimum absolute atomic E-state index is 0.641. The lowest BCUT2D eigenvalue weighted by atomic mass is 10.4. The second-order valence-corrected chi connectivity index (χ2v) is 5.32. The van der Waals surface area contributed by atoms with Crippen LogP contribution in [0.3, 0.4) is 0 Å². The van der Waals surface area contributed by atoms with Crippen LogP contribution in [0.15, 0.2) is 0 Å². The molecule has 1 aliphatic heterocycles. The molecule has 0 aromatic carbocycles. The second-order valence-electron chi connectivity index (χ2n) is 4.94. The second kappa shape index (κ2) is 12.8. The van der Waals surface area contributed by atoms with Crippen LogP contribution in [0.2, 0.25) is 0 Å². The van der Waals surface area contributed by atoms with Crippen molar-refractivity contribution in [1.82, 2.24) is 9.80 Å². The first-order valence-corrected chi connectivity index (χ1v) is 8.05. The Hall–Kier alpha value is 0.0900. The van der Waals surface area contributed by atoms with Gasteiger partial charge in [0.2, 0.25) is 0 Å². The molecule has 0 bridgehead atoms. The van der Waals surface area contributed by atoms with Gasteiger partial charge in [0, 0.05) is 39.2 Å². The van der Waals surface area contributed by atoms with Crippen molar-refractivity contribution in [1.29, 1.82) is 0 Å². The summed E-state index contributed by atoms with van der Waals surface area (Å²) in [6, 6.07) is 0. The summed E-state index contributed by atoms with van der Waals surface area (Å²) in [6.07, 6.45) is 1.22. The fourth-order valence-electron chi connectivity index (χ4n) is 2.25. The van der Waals surface area contributed by atoms with Crippen molar-refractivity contribution in [2.24, 2.45) is 0 Å². The average molecular weight is 309 g/mol. The van der Waals surface area contributed by atoms with Crippen molar-refractivity contribution < 1.29 is 14.2 Å². The molecule has 1 saturated heterocycles. The normalized spacial score (nSPS) is 18.3. The summed E-state index contributed by atoms with van der Waals surface area (Å²) in [5, 5.41) is 0. The van der Waals surface area contributed by atoms with E-state index < -0.39 is 0 Å². The van der Waals surface area contributed by atoms with Crippen LogP contribution in [-0.4, -0.2) is 95.1 Å². The van der Waals surface area contributed by atoms with E-state index in [9.17, 15) is 0 Å². The summed E-state index contributed by atoms with van der Waals surface area (Å²) in [5.41, 5.74) is 0. The fraction of sp³-hybridized carbons (Fsp3) is 1.00. The third kappa shape index (κ3) is 9.10. The zero-order valence-electron chi connectivity index (χ0n) is 12.7. The van der Waals surface area contributed by atoms with E-state index in [0.29, 0.717) is 26.4 Å². The minimum atomic E-state index is 0.641. The van der Waals surface area contributed by atoms with Crippen molar-refractivity contribution >= 4 is 11.6 Å². The highest BCUT2D eigenvalue weighted by atomic mass is 35.5. The van der Waals surface area contributed by atoms with Crippen LogP contribution in [0.5, 0.6) is 0 Å². The number of methoxy groups -OCH3 is 1. The van der Waals surface area contributed by atoms with Crippen molar-refractivity contribution in [3.8, 4) is 0 Å². The van der Waals surface area contributed by atoms with Crippen molar-refractivity contribution in [3.63, 3.8) is 0 Å². The fourth-order valence-corrected chi connectivity index (χ4v) is 2.49. The topological polar surface area (TPSA) is 34.2 Å². The Morgan fingerprint density at radius 1 is 0.800 bits per heavy atom. The average Bonchev–Trinajstić information content (AvgIpc) is 2.68. The van der Waals surface area contributed by atoms with Gasteiger partial charge in [-0.2, -0.15) is 0 Å². The van der Waals surface area contributed by atoms with Gasteiger partial charge in [-0.15, -0.1) is 11.6 Å². The number of nitrogens with zero attached hydrogens (tertiary/aromatic N) is 2. The zero-order chi connectivity index (χ0) is 14.5. The SMILES string of the molecule is COCCOCCOCCN1CCCN(CCCl)CC1. The predicted molar refractivity (Wildman–Crippen MR) is 81.7 cm³/mol. The van der Waals surface area contributed by atoms with E-state index in [0.717, 1.165) is 51.8 Å². The van der Waals surface area contributed by atoms with E-state index in [1.165, 1.54) is 6.42 Å². The lowest BCUT2D eigenvalue weighted by molar-refractivity contribution is 0.0197. The first kappa shape index (κ1) is 18.1. The molecule has 1 fully saturated rings. The van der Waals surface area contributed by atoms with E-state index in [-0.39, 0.29) is 0 Å². The van der Waals surface area contributed by atoms with Gasteiger partial charge in [0.05, 0.1) is 33.0 Å². The van der Waals surface area contributed by atoms with E-state index in [2.05, 4.69) is 9.80 Å². The molecule has 0 radical (unpaired) electrons. The number of halogens is 1. The highest BCUT2D eigenvalue weighted by molar-refractivity contribution is 6.18. The quantitative estimate of drug-likeness (QED) is 0.419. The summed E-state index contributed by atoms with van der Waals surface area (Å²) in [7, 11) is 1.68. The Morgan fingerprint density at radius 3 is 2.05 bits per heavy atom. The van der Waals surface area contributed by atoms with Gasteiger partial charge in [0.15, 0.2) is 0 Å². The number of hydrogen-bond donors (Lipinski definition) is 0. The van der Waals surface area contributed by atoms with Crippen molar-refractivity contribution in [2.75, 3.05) is 85.3 Å². The van der Waals surface area contributed by atoms with Gasteiger partial charge >= 0.3 is 0 Å². The number of ether oxygens (including phenoxy) is 3. The maximum Gasteiger partial charge on any atom is 0.0701 e. The van der Waals surface area contributed by atoms with E-state index in [4.69, 9.17) is 25.8 Å². The smallest absolute Gasteiger partial charge is 0.0701 e. The zero-order valence-corrected chi connectivity index (χ0v) is 13.4. The van der Waals surface area contributed by atoms with Crippen LogP contribution in [-0.2, 0) is 14.2 Å². The first-order chi connectivity index (χ1) is 9.86. The van der Waals surface area contributed by atoms with Gasteiger partial charge in [-0.1, -0.05) is 0 Å². The number of rotatable bonds is 11. The maximum atomic E-state index is 5.79. The molecule has 1 rings (SSSR count). The van der Waals surface area contributed by atoms with Gasteiger partial charge in [-0.05, 0) is 19.5 Å². The summed E-state index contributed by atoms with van der Waals surface area (Å²) in [4.78, 5) is 4.91. The standard InChI is InChI=1S/C14H29ClN2O3/c1-18-11-12-20-14-13-19-10-9-17-5-2-4-16(6-3-15)7-8-17/h2-14H2,1H3. The molecular weight excluding hydrogens is 280 g/mol. The summed E-state index contributed by atoms with van der Waals surface area (Å²) in [6.45, 7) is 9.94. The molecule has 120 valence electrons. The lowest BCUT2D eigenvalue weighted by Crippen LogP contribution is -2.33.